The predicted molar refractivity (Wildman–Crippen MR) is 79.2 cm³/mol. The highest BCUT2D eigenvalue weighted by Gasteiger charge is 2.14. The van der Waals surface area contributed by atoms with E-state index in [4.69, 9.17) is 10.5 Å². The normalized spacial score (nSPS) is 20.3. The lowest BCUT2D eigenvalue weighted by Gasteiger charge is -2.07. The Kier molecular flexibility index (Phi) is 5.46. The third kappa shape index (κ3) is 4.59. The summed E-state index contributed by atoms with van der Waals surface area (Å²) in [4.78, 5) is 5.63. The zero-order valence-corrected chi connectivity index (χ0v) is 12.6. The molecule has 0 aromatic carbocycles. The second kappa shape index (κ2) is 7.11. The number of nitrogens with zero attached hydrogens (tertiary/aromatic N) is 1. The molecule has 0 spiro atoms. The van der Waals surface area contributed by atoms with Gasteiger partial charge in [0.1, 0.15) is 0 Å². The van der Waals surface area contributed by atoms with Crippen molar-refractivity contribution in [1.29, 1.82) is 0 Å². The summed E-state index contributed by atoms with van der Waals surface area (Å²) in [6, 6.07) is 4.19. The van der Waals surface area contributed by atoms with Crippen molar-refractivity contribution in [2.24, 2.45) is 10.7 Å². The highest BCUT2D eigenvalue weighted by Crippen LogP contribution is 2.21. The minimum absolute atomic E-state index is 0.263. The maximum Gasteiger partial charge on any atom is 0.188 e. The van der Waals surface area contributed by atoms with Crippen molar-refractivity contribution < 1.29 is 4.74 Å². The molecular weight excluding hydrogens is 314 g/mol. The van der Waals surface area contributed by atoms with Crippen LogP contribution in [0.15, 0.2) is 20.9 Å². The monoisotopic (exact) mass is 331 g/mol. The number of hydrogen-bond acceptors (Lipinski definition) is 3. The van der Waals surface area contributed by atoms with E-state index in [1.165, 1.54) is 4.88 Å². The van der Waals surface area contributed by atoms with E-state index < -0.39 is 0 Å². The summed E-state index contributed by atoms with van der Waals surface area (Å²) in [5.41, 5.74) is 5.80. The Labute approximate surface area is 120 Å². The molecule has 3 N–H and O–H groups in total. The molecular formula is C12H18BrN3OS. The summed E-state index contributed by atoms with van der Waals surface area (Å²) in [6.45, 7) is 2.35. The molecule has 18 heavy (non-hydrogen) atoms. The maximum absolute atomic E-state index is 5.80. The molecule has 0 saturated carbocycles. The zero-order valence-electron chi connectivity index (χ0n) is 10.2. The van der Waals surface area contributed by atoms with Gasteiger partial charge in [-0.3, -0.25) is 4.99 Å². The SMILES string of the molecule is NC(=NCC1CCCO1)NCCc1ccc(Br)s1. The van der Waals surface area contributed by atoms with Gasteiger partial charge in [-0.2, -0.15) is 0 Å². The van der Waals surface area contributed by atoms with Gasteiger partial charge >= 0.3 is 0 Å². The lowest BCUT2D eigenvalue weighted by Crippen LogP contribution is -2.34. The third-order valence-corrected chi connectivity index (χ3v) is 4.48. The topological polar surface area (TPSA) is 59.6 Å². The van der Waals surface area contributed by atoms with Crippen molar-refractivity contribution in [1.82, 2.24) is 5.32 Å². The van der Waals surface area contributed by atoms with Gasteiger partial charge in [-0.1, -0.05) is 0 Å². The van der Waals surface area contributed by atoms with Crippen molar-refractivity contribution >= 4 is 33.2 Å². The molecule has 0 amide bonds. The molecule has 100 valence electrons. The van der Waals surface area contributed by atoms with Crippen molar-refractivity contribution in [2.75, 3.05) is 19.7 Å². The number of ether oxygens (including phenoxy) is 1. The fourth-order valence-electron chi connectivity index (χ4n) is 1.84. The summed E-state index contributed by atoms with van der Waals surface area (Å²) in [7, 11) is 0. The van der Waals surface area contributed by atoms with E-state index in [2.05, 4.69) is 38.4 Å². The van der Waals surface area contributed by atoms with Crippen LogP contribution in [-0.4, -0.2) is 31.8 Å². The predicted octanol–water partition coefficient (Wildman–Crippen LogP) is 2.14. The van der Waals surface area contributed by atoms with E-state index in [0.717, 1.165) is 36.2 Å². The molecule has 2 heterocycles. The average Bonchev–Trinajstić information content (AvgIpc) is 2.98. The lowest BCUT2D eigenvalue weighted by molar-refractivity contribution is 0.118. The van der Waals surface area contributed by atoms with Crippen LogP contribution in [0.25, 0.3) is 0 Å². The van der Waals surface area contributed by atoms with E-state index in [9.17, 15) is 0 Å². The lowest BCUT2D eigenvalue weighted by atomic mass is 10.2. The smallest absolute Gasteiger partial charge is 0.188 e. The van der Waals surface area contributed by atoms with Gasteiger partial charge in [0.2, 0.25) is 0 Å². The van der Waals surface area contributed by atoms with Crippen LogP contribution in [0, 0.1) is 0 Å². The van der Waals surface area contributed by atoms with Crippen LogP contribution in [-0.2, 0) is 11.2 Å². The molecule has 4 nitrogen and oxygen atoms in total. The molecule has 1 aliphatic heterocycles. The number of nitrogens with one attached hydrogen (secondary N) is 1. The number of aliphatic imine (C=N–C) groups is 1. The zero-order chi connectivity index (χ0) is 12.8. The number of guanidine groups is 1. The van der Waals surface area contributed by atoms with Crippen LogP contribution in [0.5, 0.6) is 0 Å². The first kappa shape index (κ1) is 13.8. The van der Waals surface area contributed by atoms with Crippen LogP contribution in [0.2, 0.25) is 0 Å². The number of nitrogens with two attached hydrogens (primary N) is 1. The Morgan fingerprint density at radius 3 is 3.17 bits per heavy atom. The summed E-state index contributed by atoms with van der Waals surface area (Å²) >= 11 is 5.20. The van der Waals surface area contributed by atoms with E-state index in [1.807, 2.05) is 0 Å². The van der Waals surface area contributed by atoms with Crippen LogP contribution >= 0.6 is 27.3 Å². The average molecular weight is 332 g/mol. The number of halogens is 1. The largest absolute Gasteiger partial charge is 0.376 e. The summed E-state index contributed by atoms with van der Waals surface area (Å²) in [6.07, 6.45) is 3.46. The van der Waals surface area contributed by atoms with E-state index in [-0.39, 0.29) is 6.10 Å². The van der Waals surface area contributed by atoms with Gasteiger partial charge in [0.05, 0.1) is 16.4 Å². The van der Waals surface area contributed by atoms with Gasteiger partial charge in [-0.15, -0.1) is 11.3 Å². The Morgan fingerprint density at radius 1 is 1.61 bits per heavy atom. The van der Waals surface area contributed by atoms with Gasteiger partial charge in [-0.25, -0.2) is 0 Å². The standard InChI is InChI=1S/C12H18BrN3OS/c13-11-4-3-10(18-11)5-6-15-12(14)16-8-9-2-1-7-17-9/h3-4,9H,1-2,5-8H2,(H3,14,15,16). The fraction of sp³-hybridized carbons (Fsp3) is 0.583. The summed E-state index contributed by atoms with van der Waals surface area (Å²) in [5.74, 6) is 0.515. The molecule has 1 aromatic heterocycles. The van der Waals surface area contributed by atoms with Crippen LogP contribution < -0.4 is 11.1 Å². The molecule has 2 rings (SSSR count). The van der Waals surface area contributed by atoms with Gasteiger partial charge < -0.3 is 15.8 Å². The Hall–Kier alpha value is -0.590. The minimum atomic E-state index is 0.263. The van der Waals surface area contributed by atoms with Crippen LogP contribution in [0.1, 0.15) is 17.7 Å². The van der Waals surface area contributed by atoms with Gasteiger partial charge in [0.15, 0.2) is 5.96 Å². The first-order valence-corrected chi connectivity index (χ1v) is 7.74. The van der Waals surface area contributed by atoms with Gasteiger partial charge in [0.25, 0.3) is 0 Å². The van der Waals surface area contributed by atoms with Crippen molar-refractivity contribution in [3.05, 3.63) is 20.8 Å². The second-order valence-electron chi connectivity index (χ2n) is 4.24. The highest BCUT2D eigenvalue weighted by molar-refractivity contribution is 9.11. The Balaban J connectivity index is 1.64. The molecule has 6 heteroatoms. The van der Waals surface area contributed by atoms with Crippen molar-refractivity contribution in [3.63, 3.8) is 0 Å². The quantitative estimate of drug-likeness (QED) is 0.642. The first-order chi connectivity index (χ1) is 8.74. The molecule has 0 aliphatic carbocycles. The number of hydrogen-bond donors (Lipinski definition) is 2. The maximum atomic E-state index is 5.80. The van der Waals surface area contributed by atoms with Crippen molar-refractivity contribution in [2.45, 2.75) is 25.4 Å². The molecule has 1 atom stereocenters. The van der Waals surface area contributed by atoms with E-state index in [0.29, 0.717) is 12.5 Å². The first-order valence-electron chi connectivity index (χ1n) is 6.13. The Morgan fingerprint density at radius 2 is 2.50 bits per heavy atom. The van der Waals surface area contributed by atoms with Gasteiger partial charge in [0, 0.05) is 18.0 Å². The van der Waals surface area contributed by atoms with E-state index >= 15 is 0 Å². The molecule has 1 fully saturated rings. The molecule has 1 aliphatic rings. The Bertz CT molecular complexity index is 402. The summed E-state index contributed by atoms with van der Waals surface area (Å²) < 4.78 is 6.65. The minimum Gasteiger partial charge on any atom is -0.376 e. The molecule has 1 saturated heterocycles. The number of thiophene rings is 1. The van der Waals surface area contributed by atoms with Crippen LogP contribution in [0.3, 0.4) is 0 Å². The summed E-state index contributed by atoms with van der Waals surface area (Å²) in [5, 5.41) is 3.13. The van der Waals surface area contributed by atoms with Crippen molar-refractivity contribution in [3.8, 4) is 0 Å². The number of rotatable bonds is 5. The van der Waals surface area contributed by atoms with Crippen LogP contribution in [0.4, 0.5) is 0 Å². The van der Waals surface area contributed by atoms with E-state index in [1.54, 1.807) is 11.3 Å². The highest BCUT2D eigenvalue weighted by atomic mass is 79.9. The molecule has 1 aromatic rings. The molecule has 0 bridgehead atoms. The fourth-order valence-corrected chi connectivity index (χ4v) is 3.33. The molecule has 1 unspecified atom stereocenters. The molecule has 0 radical (unpaired) electrons. The second-order valence-corrected chi connectivity index (χ2v) is 6.79. The third-order valence-electron chi connectivity index (χ3n) is 2.80. The van der Waals surface area contributed by atoms with Gasteiger partial charge in [-0.05, 0) is 47.3 Å².